The Morgan fingerprint density at radius 2 is 1.90 bits per heavy atom. The molecule has 0 aliphatic heterocycles. The number of rotatable bonds is 7. The summed E-state index contributed by atoms with van der Waals surface area (Å²) in [6, 6.07) is 9.77. The average Bonchev–Trinajstić information content (AvgIpc) is 2.48. The van der Waals surface area contributed by atoms with Crippen LogP contribution in [0.1, 0.15) is 37.3 Å². The first-order valence-electron chi connectivity index (χ1n) is 7.09. The third kappa shape index (κ3) is 4.53. The molecule has 0 fully saturated rings. The van der Waals surface area contributed by atoms with Crippen LogP contribution in [0.25, 0.3) is 0 Å². The first kappa shape index (κ1) is 14.9. The van der Waals surface area contributed by atoms with Crippen molar-refractivity contribution in [1.29, 1.82) is 0 Å². The first-order valence-corrected chi connectivity index (χ1v) is 7.47. The van der Waals surface area contributed by atoms with Crippen molar-refractivity contribution in [3.05, 3.63) is 58.9 Å². The van der Waals surface area contributed by atoms with Crippen molar-refractivity contribution in [3.8, 4) is 5.75 Å². The van der Waals surface area contributed by atoms with Crippen LogP contribution in [0.3, 0.4) is 0 Å². The molecule has 0 saturated heterocycles. The molecule has 106 valence electrons. The quantitative estimate of drug-likeness (QED) is 0.666. The highest BCUT2D eigenvalue weighted by Crippen LogP contribution is 2.21. The van der Waals surface area contributed by atoms with Gasteiger partial charge in [0, 0.05) is 11.2 Å². The van der Waals surface area contributed by atoms with Gasteiger partial charge in [-0.2, -0.15) is 0 Å². The molecular weight excluding hydrogens is 270 g/mol. The molecule has 0 bridgehead atoms. The van der Waals surface area contributed by atoms with Crippen LogP contribution in [0.5, 0.6) is 5.75 Å². The Morgan fingerprint density at radius 3 is 2.65 bits per heavy atom. The van der Waals surface area contributed by atoms with Crippen LogP contribution in [-0.4, -0.2) is 4.98 Å². The van der Waals surface area contributed by atoms with E-state index in [-0.39, 0.29) is 0 Å². The second kappa shape index (κ2) is 7.91. The molecule has 0 atom stereocenters. The molecule has 0 amide bonds. The molecule has 20 heavy (non-hydrogen) atoms. The fourth-order valence-electron chi connectivity index (χ4n) is 2.05. The normalized spacial score (nSPS) is 10.5. The second-order valence-electron chi connectivity index (χ2n) is 4.86. The standard InChI is InChI=1S/C17H20ClNO/c1-2-3-4-5-15-10-11-19-12-17(15)20-13-14-6-8-16(18)9-7-14/h6-12H,2-5,13H2,1H3. The van der Waals surface area contributed by atoms with E-state index in [9.17, 15) is 0 Å². The molecule has 1 aromatic heterocycles. The largest absolute Gasteiger partial charge is 0.487 e. The van der Waals surface area contributed by atoms with Gasteiger partial charge in [-0.25, -0.2) is 0 Å². The van der Waals surface area contributed by atoms with Crippen LogP contribution in [0.4, 0.5) is 0 Å². The molecule has 2 rings (SSSR count). The van der Waals surface area contributed by atoms with Gasteiger partial charge in [-0.1, -0.05) is 43.5 Å². The number of ether oxygens (including phenoxy) is 1. The third-order valence-electron chi connectivity index (χ3n) is 3.23. The van der Waals surface area contributed by atoms with Crippen LogP contribution in [0.2, 0.25) is 5.02 Å². The zero-order valence-corrected chi connectivity index (χ0v) is 12.6. The molecule has 1 heterocycles. The minimum atomic E-state index is 0.545. The van der Waals surface area contributed by atoms with Crippen molar-refractivity contribution in [1.82, 2.24) is 4.98 Å². The highest BCUT2D eigenvalue weighted by molar-refractivity contribution is 6.30. The minimum absolute atomic E-state index is 0.545. The summed E-state index contributed by atoms with van der Waals surface area (Å²) in [4.78, 5) is 4.15. The van der Waals surface area contributed by atoms with Gasteiger partial charge in [0.2, 0.25) is 0 Å². The van der Waals surface area contributed by atoms with Gasteiger partial charge in [0.15, 0.2) is 0 Å². The number of halogens is 1. The van der Waals surface area contributed by atoms with Crippen molar-refractivity contribution in [2.75, 3.05) is 0 Å². The predicted molar refractivity (Wildman–Crippen MR) is 83.3 cm³/mol. The lowest BCUT2D eigenvalue weighted by Gasteiger charge is -2.11. The Morgan fingerprint density at radius 1 is 1.10 bits per heavy atom. The van der Waals surface area contributed by atoms with E-state index in [0.717, 1.165) is 22.8 Å². The number of aromatic nitrogens is 1. The van der Waals surface area contributed by atoms with Gasteiger partial charge in [-0.15, -0.1) is 0 Å². The molecule has 2 nitrogen and oxygen atoms in total. The zero-order valence-electron chi connectivity index (χ0n) is 11.8. The Kier molecular flexibility index (Phi) is 5.87. The summed E-state index contributed by atoms with van der Waals surface area (Å²) in [6.45, 7) is 2.76. The summed E-state index contributed by atoms with van der Waals surface area (Å²) >= 11 is 5.87. The van der Waals surface area contributed by atoms with E-state index in [1.54, 1.807) is 6.20 Å². The molecule has 0 aliphatic carbocycles. The predicted octanol–water partition coefficient (Wildman–Crippen LogP) is 5.05. The lowest BCUT2D eigenvalue weighted by molar-refractivity contribution is 0.301. The summed E-state index contributed by atoms with van der Waals surface area (Å²) in [6.07, 6.45) is 8.35. The fourth-order valence-corrected chi connectivity index (χ4v) is 2.18. The van der Waals surface area contributed by atoms with Crippen LogP contribution < -0.4 is 4.74 Å². The summed E-state index contributed by atoms with van der Waals surface area (Å²) in [5.74, 6) is 0.888. The molecule has 0 radical (unpaired) electrons. The molecule has 2 aromatic rings. The number of hydrogen-bond donors (Lipinski definition) is 0. The number of hydrogen-bond acceptors (Lipinski definition) is 2. The molecule has 1 aromatic carbocycles. The van der Waals surface area contributed by atoms with E-state index < -0.39 is 0 Å². The number of unbranched alkanes of at least 4 members (excludes halogenated alkanes) is 2. The summed E-state index contributed by atoms with van der Waals surface area (Å²) in [5.41, 5.74) is 2.35. The molecule has 3 heteroatoms. The maximum absolute atomic E-state index is 5.89. The molecular formula is C17H20ClNO. The van der Waals surface area contributed by atoms with Crippen molar-refractivity contribution in [2.45, 2.75) is 39.2 Å². The first-order chi connectivity index (χ1) is 9.79. The number of benzene rings is 1. The Hall–Kier alpha value is -1.54. The molecule has 0 spiro atoms. The molecule has 0 aliphatic rings. The van der Waals surface area contributed by atoms with Crippen molar-refractivity contribution >= 4 is 11.6 Å². The summed E-state index contributed by atoms with van der Waals surface area (Å²) in [7, 11) is 0. The van der Waals surface area contributed by atoms with Crippen LogP contribution in [0.15, 0.2) is 42.7 Å². The van der Waals surface area contributed by atoms with E-state index in [0.29, 0.717) is 6.61 Å². The van der Waals surface area contributed by atoms with E-state index >= 15 is 0 Å². The summed E-state index contributed by atoms with van der Waals surface area (Å²) < 4.78 is 5.89. The number of pyridine rings is 1. The Bertz CT molecular complexity index is 525. The lowest BCUT2D eigenvalue weighted by Crippen LogP contribution is -1.99. The van der Waals surface area contributed by atoms with Gasteiger partial charge in [0.25, 0.3) is 0 Å². The van der Waals surface area contributed by atoms with Crippen LogP contribution >= 0.6 is 11.6 Å². The minimum Gasteiger partial charge on any atom is -0.487 e. The fraction of sp³-hybridized carbons (Fsp3) is 0.353. The topological polar surface area (TPSA) is 22.1 Å². The maximum Gasteiger partial charge on any atom is 0.141 e. The van der Waals surface area contributed by atoms with Gasteiger partial charge in [-0.3, -0.25) is 4.98 Å². The van der Waals surface area contributed by atoms with Crippen LogP contribution in [0, 0.1) is 0 Å². The summed E-state index contributed by atoms with van der Waals surface area (Å²) in [5, 5.41) is 0.746. The van der Waals surface area contributed by atoms with Gasteiger partial charge < -0.3 is 4.74 Å². The van der Waals surface area contributed by atoms with Gasteiger partial charge in [0.05, 0.1) is 6.20 Å². The van der Waals surface area contributed by atoms with Crippen molar-refractivity contribution in [2.24, 2.45) is 0 Å². The van der Waals surface area contributed by atoms with E-state index in [4.69, 9.17) is 16.3 Å². The number of aryl methyl sites for hydroxylation is 1. The van der Waals surface area contributed by atoms with E-state index in [2.05, 4.69) is 11.9 Å². The van der Waals surface area contributed by atoms with Crippen molar-refractivity contribution < 1.29 is 4.74 Å². The SMILES string of the molecule is CCCCCc1ccncc1OCc1ccc(Cl)cc1. The molecule has 0 unspecified atom stereocenters. The van der Waals surface area contributed by atoms with Gasteiger partial charge in [-0.05, 0) is 42.2 Å². The van der Waals surface area contributed by atoms with Gasteiger partial charge in [0.1, 0.15) is 12.4 Å². The highest BCUT2D eigenvalue weighted by atomic mass is 35.5. The monoisotopic (exact) mass is 289 g/mol. The third-order valence-corrected chi connectivity index (χ3v) is 3.48. The highest BCUT2D eigenvalue weighted by Gasteiger charge is 2.04. The van der Waals surface area contributed by atoms with Gasteiger partial charge >= 0.3 is 0 Å². The smallest absolute Gasteiger partial charge is 0.141 e. The Labute approximate surface area is 125 Å². The lowest BCUT2D eigenvalue weighted by atomic mass is 10.1. The second-order valence-corrected chi connectivity index (χ2v) is 5.29. The van der Waals surface area contributed by atoms with Crippen LogP contribution in [-0.2, 0) is 13.0 Å². The molecule has 0 saturated carbocycles. The van der Waals surface area contributed by atoms with Crippen molar-refractivity contribution in [3.63, 3.8) is 0 Å². The molecule has 0 N–H and O–H groups in total. The van der Waals surface area contributed by atoms with E-state index in [1.807, 2.05) is 36.5 Å². The Balaban J connectivity index is 1.96. The average molecular weight is 290 g/mol. The maximum atomic E-state index is 5.89. The van der Waals surface area contributed by atoms with E-state index in [1.165, 1.54) is 24.8 Å². The number of nitrogens with zero attached hydrogens (tertiary/aromatic N) is 1. The zero-order chi connectivity index (χ0) is 14.2.